The summed E-state index contributed by atoms with van der Waals surface area (Å²) in [4.78, 5) is 2.18. The SMILES string of the molecule is CCOCCN(CC)C(C)c1ccc(F)cc1O. The molecule has 0 radical (unpaired) electrons. The van der Waals surface area contributed by atoms with Gasteiger partial charge < -0.3 is 9.84 Å². The van der Waals surface area contributed by atoms with Crippen LogP contribution < -0.4 is 0 Å². The first-order valence-corrected chi connectivity index (χ1v) is 6.40. The molecule has 0 spiro atoms. The molecule has 18 heavy (non-hydrogen) atoms. The van der Waals surface area contributed by atoms with Crippen molar-refractivity contribution in [3.63, 3.8) is 0 Å². The van der Waals surface area contributed by atoms with E-state index in [0.29, 0.717) is 13.2 Å². The van der Waals surface area contributed by atoms with Crippen molar-refractivity contribution >= 4 is 0 Å². The number of phenolic OH excluding ortho intramolecular Hbond substituents is 1. The average molecular weight is 255 g/mol. The van der Waals surface area contributed by atoms with Gasteiger partial charge in [0, 0.05) is 30.8 Å². The molecule has 0 saturated carbocycles. The third-order valence-electron chi connectivity index (χ3n) is 3.12. The van der Waals surface area contributed by atoms with Gasteiger partial charge in [-0.15, -0.1) is 0 Å². The third-order valence-corrected chi connectivity index (χ3v) is 3.12. The van der Waals surface area contributed by atoms with Crippen LogP contribution in [0.1, 0.15) is 32.4 Å². The lowest BCUT2D eigenvalue weighted by Gasteiger charge is -2.28. The van der Waals surface area contributed by atoms with Crippen molar-refractivity contribution in [3.8, 4) is 5.75 Å². The largest absolute Gasteiger partial charge is 0.508 e. The van der Waals surface area contributed by atoms with Gasteiger partial charge in [-0.1, -0.05) is 13.0 Å². The van der Waals surface area contributed by atoms with Gasteiger partial charge >= 0.3 is 0 Å². The van der Waals surface area contributed by atoms with Crippen molar-refractivity contribution in [2.45, 2.75) is 26.8 Å². The first kappa shape index (κ1) is 14.9. The Morgan fingerprint density at radius 3 is 2.67 bits per heavy atom. The highest BCUT2D eigenvalue weighted by Crippen LogP contribution is 2.28. The molecule has 1 atom stereocenters. The molecule has 0 heterocycles. The maximum Gasteiger partial charge on any atom is 0.126 e. The first-order chi connectivity index (χ1) is 8.60. The van der Waals surface area contributed by atoms with Crippen LogP contribution in [0.5, 0.6) is 5.75 Å². The highest BCUT2D eigenvalue weighted by molar-refractivity contribution is 5.34. The maximum atomic E-state index is 12.9. The van der Waals surface area contributed by atoms with E-state index in [1.165, 1.54) is 6.07 Å². The number of rotatable bonds is 7. The Labute approximate surface area is 108 Å². The molecule has 0 aliphatic rings. The van der Waals surface area contributed by atoms with Crippen LogP contribution >= 0.6 is 0 Å². The lowest BCUT2D eigenvalue weighted by molar-refractivity contribution is 0.0996. The van der Waals surface area contributed by atoms with Crippen LogP contribution in [0.15, 0.2) is 18.2 Å². The summed E-state index contributed by atoms with van der Waals surface area (Å²) in [5.74, 6) is -0.404. The number of ether oxygens (including phenoxy) is 1. The fourth-order valence-corrected chi connectivity index (χ4v) is 2.02. The van der Waals surface area contributed by atoms with E-state index < -0.39 is 5.82 Å². The quantitative estimate of drug-likeness (QED) is 0.760. The van der Waals surface area contributed by atoms with Crippen LogP contribution in [0, 0.1) is 5.82 Å². The molecule has 0 saturated heterocycles. The molecule has 0 aliphatic heterocycles. The highest BCUT2D eigenvalue weighted by Gasteiger charge is 2.17. The number of likely N-dealkylation sites (N-methyl/N-ethyl adjacent to an activating group) is 1. The lowest BCUT2D eigenvalue weighted by Crippen LogP contribution is -2.30. The van der Waals surface area contributed by atoms with Crippen molar-refractivity contribution in [2.75, 3.05) is 26.3 Å². The van der Waals surface area contributed by atoms with Gasteiger partial charge in [-0.2, -0.15) is 0 Å². The first-order valence-electron chi connectivity index (χ1n) is 6.40. The predicted molar refractivity (Wildman–Crippen MR) is 70.2 cm³/mol. The molecule has 3 nitrogen and oxygen atoms in total. The van der Waals surface area contributed by atoms with Gasteiger partial charge in [0.2, 0.25) is 0 Å². The third kappa shape index (κ3) is 3.96. The highest BCUT2D eigenvalue weighted by atomic mass is 19.1. The van der Waals surface area contributed by atoms with Crippen LogP contribution in [0.3, 0.4) is 0 Å². The number of nitrogens with zero attached hydrogens (tertiary/aromatic N) is 1. The summed E-state index contributed by atoms with van der Waals surface area (Å²) in [5, 5.41) is 9.78. The fourth-order valence-electron chi connectivity index (χ4n) is 2.02. The van der Waals surface area contributed by atoms with Crippen molar-refractivity contribution in [1.82, 2.24) is 4.90 Å². The molecule has 1 unspecified atom stereocenters. The van der Waals surface area contributed by atoms with Crippen molar-refractivity contribution < 1.29 is 14.2 Å². The van der Waals surface area contributed by atoms with Crippen molar-refractivity contribution in [3.05, 3.63) is 29.6 Å². The van der Waals surface area contributed by atoms with Crippen LogP contribution in [0.25, 0.3) is 0 Å². The molecule has 0 fully saturated rings. The molecule has 1 aromatic rings. The van der Waals surface area contributed by atoms with Crippen LogP contribution in [-0.2, 0) is 4.74 Å². The second kappa shape index (κ2) is 7.34. The molecule has 0 bridgehead atoms. The molecule has 4 heteroatoms. The van der Waals surface area contributed by atoms with E-state index in [2.05, 4.69) is 11.8 Å². The zero-order chi connectivity index (χ0) is 13.5. The summed E-state index contributed by atoms with van der Waals surface area (Å²) in [6, 6.07) is 4.21. The standard InChI is InChI=1S/C14H22FNO2/c1-4-16(8-9-18-5-2)11(3)13-7-6-12(15)10-14(13)17/h6-7,10-11,17H,4-5,8-9H2,1-3H3. The maximum absolute atomic E-state index is 12.9. The van der Waals surface area contributed by atoms with E-state index in [1.54, 1.807) is 6.07 Å². The summed E-state index contributed by atoms with van der Waals surface area (Å²) in [5.41, 5.74) is 0.745. The van der Waals surface area contributed by atoms with E-state index in [9.17, 15) is 9.50 Å². The topological polar surface area (TPSA) is 32.7 Å². The zero-order valence-electron chi connectivity index (χ0n) is 11.3. The average Bonchev–Trinajstić information content (AvgIpc) is 2.34. The number of hydrogen-bond acceptors (Lipinski definition) is 3. The second-order valence-corrected chi connectivity index (χ2v) is 4.20. The molecular weight excluding hydrogens is 233 g/mol. The summed E-state index contributed by atoms with van der Waals surface area (Å²) in [6.45, 7) is 9.04. The van der Waals surface area contributed by atoms with E-state index in [1.807, 2.05) is 13.8 Å². The monoisotopic (exact) mass is 255 g/mol. The van der Waals surface area contributed by atoms with Crippen molar-refractivity contribution in [2.24, 2.45) is 0 Å². The minimum Gasteiger partial charge on any atom is -0.508 e. The summed E-state index contributed by atoms with van der Waals surface area (Å²) in [7, 11) is 0. The Kier molecular flexibility index (Phi) is 6.09. The Hall–Kier alpha value is -1.13. The van der Waals surface area contributed by atoms with Crippen LogP contribution in [0.4, 0.5) is 4.39 Å². The summed E-state index contributed by atoms with van der Waals surface area (Å²) >= 11 is 0. The minimum atomic E-state index is -0.416. The summed E-state index contributed by atoms with van der Waals surface area (Å²) < 4.78 is 18.3. The number of phenols is 1. The van der Waals surface area contributed by atoms with Gasteiger partial charge in [0.15, 0.2) is 0 Å². The number of benzene rings is 1. The minimum absolute atomic E-state index is 0.0114. The van der Waals surface area contributed by atoms with E-state index >= 15 is 0 Å². The van der Waals surface area contributed by atoms with Gasteiger partial charge in [0.1, 0.15) is 11.6 Å². The molecule has 0 aliphatic carbocycles. The van der Waals surface area contributed by atoms with Gasteiger partial charge in [0.25, 0.3) is 0 Å². The molecular formula is C14H22FNO2. The Bertz CT molecular complexity index is 371. The molecule has 1 N–H and O–H groups in total. The molecule has 0 aromatic heterocycles. The van der Waals surface area contributed by atoms with Crippen LogP contribution in [-0.4, -0.2) is 36.3 Å². The molecule has 0 amide bonds. The normalized spacial score (nSPS) is 12.9. The van der Waals surface area contributed by atoms with Gasteiger partial charge in [0.05, 0.1) is 6.61 Å². The molecule has 1 aromatic carbocycles. The molecule has 1 rings (SSSR count). The van der Waals surface area contributed by atoms with Crippen molar-refractivity contribution in [1.29, 1.82) is 0 Å². The van der Waals surface area contributed by atoms with Crippen LogP contribution in [0.2, 0.25) is 0 Å². The van der Waals surface area contributed by atoms with E-state index in [-0.39, 0.29) is 11.8 Å². The lowest BCUT2D eigenvalue weighted by atomic mass is 10.1. The summed E-state index contributed by atoms with van der Waals surface area (Å²) in [6.07, 6.45) is 0. The number of aromatic hydroxyl groups is 1. The number of hydrogen-bond donors (Lipinski definition) is 1. The Balaban J connectivity index is 2.73. The zero-order valence-corrected chi connectivity index (χ0v) is 11.3. The number of halogens is 1. The second-order valence-electron chi connectivity index (χ2n) is 4.20. The Morgan fingerprint density at radius 2 is 2.11 bits per heavy atom. The van der Waals surface area contributed by atoms with Gasteiger partial charge in [-0.25, -0.2) is 4.39 Å². The van der Waals surface area contributed by atoms with E-state index in [4.69, 9.17) is 4.74 Å². The van der Waals surface area contributed by atoms with E-state index in [0.717, 1.165) is 24.7 Å². The Morgan fingerprint density at radius 1 is 1.39 bits per heavy atom. The fraction of sp³-hybridized carbons (Fsp3) is 0.571. The molecule has 102 valence electrons. The van der Waals surface area contributed by atoms with Gasteiger partial charge in [-0.05, 0) is 26.5 Å². The predicted octanol–water partition coefficient (Wildman–Crippen LogP) is 2.95. The van der Waals surface area contributed by atoms with Gasteiger partial charge in [-0.3, -0.25) is 4.90 Å². The smallest absolute Gasteiger partial charge is 0.126 e.